The SMILES string of the molecule is CC(=O)/C=C/C1(O)C(C)=CC(=O)C(C)C1C. The highest BCUT2D eigenvalue weighted by molar-refractivity contribution is 5.94. The van der Waals surface area contributed by atoms with Crippen molar-refractivity contribution in [2.24, 2.45) is 11.8 Å². The van der Waals surface area contributed by atoms with Crippen molar-refractivity contribution in [3.63, 3.8) is 0 Å². The Bertz CT molecular complexity index is 379. The summed E-state index contributed by atoms with van der Waals surface area (Å²) in [6.07, 6.45) is 4.32. The zero-order chi connectivity index (χ0) is 12.5. The van der Waals surface area contributed by atoms with Gasteiger partial charge in [0.1, 0.15) is 5.60 Å². The fourth-order valence-electron chi connectivity index (χ4n) is 1.97. The molecule has 1 N–H and O–H groups in total. The molecule has 0 radical (unpaired) electrons. The van der Waals surface area contributed by atoms with Crippen molar-refractivity contribution in [1.82, 2.24) is 0 Å². The van der Waals surface area contributed by atoms with Gasteiger partial charge in [-0.25, -0.2) is 0 Å². The van der Waals surface area contributed by atoms with Gasteiger partial charge in [0, 0.05) is 11.8 Å². The minimum absolute atomic E-state index is 0.0332. The average molecular weight is 222 g/mol. The zero-order valence-electron chi connectivity index (χ0n) is 10.2. The van der Waals surface area contributed by atoms with Crippen molar-refractivity contribution < 1.29 is 14.7 Å². The molecule has 1 rings (SSSR count). The molecular formula is C13H18O3. The number of hydrogen-bond donors (Lipinski definition) is 1. The van der Waals surface area contributed by atoms with Crippen molar-refractivity contribution >= 4 is 11.6 Å². The monoisotopic (exact) mass is 222 g/mol. The van der Waals surface area contributed by atoms with Crippen LogP contribution in [0.25, 0.3) is 0 Å². The summed E-state index contributed by atoms with van der Waals surface area (Å²) in [5.41, 5.74) is -0.584. The minimum Gasteiger partial charge on any atom is -0.381 e. The second-order valence-corrected chi connectivity index (χ2v) is 4.58. The van der Waals surface area contributed by atoms with E-state index < -0.39 is 5.60 Å². The van der Waals surface area contributed by atoms with E-state index in [1.54, 1.807) is 13.8 Å². The molecule has 0 saturated heterocycles. The van der Waals surface area contributed by atoms with E-state index in [2.05, 4.69) is 0 Å². The fourth-order valence-corrected chi connectivity index (χ4v) is 1.97. The number of aliphatic hydroxyl groups is 1. The molecule has 0 heterocycles. The molecule has 0 saturated carbocycles. The van der Waals surface area contributed by atoms with Crippen LogP contribution in [0.15, 0.2) is 23.8 Å². The van der Waals surface area contributed by atoms with E-state index in [4.69, 9.17) is 0 Å². The van der Waals surface area contributed by atoms with Gasteiger partial charge < -0.3 is 5.11 Å². The molecule has 1 aliphatic carbocycles. The molecule has 1 aliphatic rings. The van der Waals surface area contributed by atoms with Crippen molar-refractivity contribution in [2.45, 2.75) is 33.3 Å². The third-order valence-corrected chi connectivity index (χ3v) is 3.46. The van der Waals surface area contributed by atoms with Gasteiger partial charge in [-0.3, -0.25) is 9.59 Å². The highest BCUT2D eigenvalue weighted by Gasteiger charge is 2.42. The summed E-state index contributed by atoms with van der Waals surface area (Å²) in [5.74, 6) is -0.533. The maximum Gasteiger partial charge on any atom is 0.158 e. The molecule has 3 nitrogen and oxygen atoms in total. The number of carbonyl (C=O) groups excluding carboxylic acids is 2. The second-order valence-electron chi connectivity index (χ2n) is 4.58. The Morgan fingerprint density at radius 3 is 2.56 bits per heavy atom. The van der Waals surface area contributed by atoms with Crippen LogP contribution in [0.2, 0.25) is 0 Å². The van der Waals surface area contributed by atoms with Crippen LogP contribution >= 0.6 is 0 Å². The predicted molar refractivity (Wildman–Crippen MR) is 61.9 cm³/mol. The van der Waals surface area contributed by atoms with Gasteiger partial charge in [0.2, 0.25) is 0 Å². The quantitative estimate of drug-likeness (QED) is 0.723. The lowest BCUT2D eigenvalue weighted by atomic mass is 9.70. The van der Waals surface area contributed by atoms with Gasteiger partial charge in [-0.15, -0.1) is 0 Å². The van der Waals surface area contributed by atoms with Crippen LogP contribution in [-0.4, -0.2) is 22.3 Å². The summed E-state index contributed by atoms with van der Waals surface area (Å²) >= 11 is 0. The van der Waals surface area contributed by atoms with E-state index in [0.29, 0.717) is 5.57 Å². The van der Waals surface area contributed by atoms with Crippen LogP contribution in [0.5, 0.6) is 0 Å². The minimum atomic E-state index is -1.18. The van der Waals surface area contributed by atoms with Gasteiger partial charge >= 0.3 is 0 Å². The molecule has 3 heteroatoms. The Balaban J connectivity index is 3.15. The summed E-state index contributed by atoms with van der Waals surface area (Å²) in [4.78, 5) is 22.5. The molecule has 88 valence electrons. The number of ketones is 2. The number of allylic oxidation sites excluding steroid dienone is 2. The molecule has 3 atom stereocenters. The fraction of sp³-hybridized carbons (Fsp3) is 0.538. The number of hydrogen-bond acceptors (Lipinski definition) is 3. The van der Waals surface area contributed by atoms with Crippen LogP contribution in [-0.2, 0) is 9.59 Å². The van der Waals surface area contributed by atoms with E-state index in [1.807, 2.05) is 6.92 Å². The highest BCUT2D eigenvalue weighted by atomic mass is 16.3. The lowest BCUT2D eigenvalue weighted by Gasteiger charge is -2.38. The van der Waals surface area contributed by atoms with E-state index in [1.165, 1.54) is 25.2 Å². The summed E-state index contributed by atoms with van der Waals surface area (Å²) < 4.78 is 0. The van der Waals surface area contributed by atoms with E-state index in [0.717, 1.165) is 0 Å². The van der Waals surface area contributed by atoms with Gasteiger partial charge in [-0.2, -0.15) is 0 Å². The Hall–Kier alpha value is -1.22. The van der Waals surface area contributed by atoms with Gasteiger partial charge in [-0.05, 0) is 37.6 Å². The van der Waals surface area contributed by atoms with Crippen molar-refractivity contribution in [1.29, 1.82) is 0 Å². The van der Waals surface area contributed by atoms with Crippen LogP contribution in [0, 0.1) is 11.8 Å². The van der Waals surface area contributed by atoms with Crippen LogP contribution in [0.1, 0.15) is 27.7 Å². The average Bonchev–Trinajstić information content (AvgIpc) is 2.21. The van der Waals surface area contributed by atoms with Gasteiger partial charge in [0.25, 0.3) is 0 Å². The standard InChI is InChI=1S/C13H18O3/c1-8-7-12(15)10(3)11(4)13(8,16)6-5-9(2)14/h5-7,10-11,16H,1-4H3/b6-5+. The third-order valence-electron chi connectivity index (χ3n) is 3.46. The zero-order valence-corrected chi connectivity index (χ0v) is 10.2. The lowest BCUT2D eigenvalue weighted by Crippen LogP contribution is -2.44. The molecule has 0 bridgehead atoms. The summed E-state index contributed by atoms with van der Waals surface area (Å²) in [5, 5.41) is 10.5. The van der Waals surface area contributed by atoms with Crippen molar-refractivity contribution in [2.75, 3.05) is 0 Å². The largest absolute Gasteiger partial charge is 0.381 e. The normalized spacial score (nSPS) is 35.3. The number of rotatable bonds is 2. The second kappa shape index (κ2) is 4.34. The van der Waals surface area contributed by atoms with Crippen molar-refractivity contribution in [3.05, 3.63) is 23.8 Å². The molecule has 0 aromatic rings. The Kier molecular flexibility index (Phi) is 3.48. The summed E-state index contributed by atoms with van der Waals surface area (Å²) in [6, 6.07) is 0. The number of carbonyl (C=O) groups is 2. The maximum absolute atomic E-state index is 11.6. The van der Waals surface area contributed by atoms with E-state index in [-0.39, 0.29) is 23.4 Å². The van der Waals surface area contributed by atoms with Crippen LogP contribution in [0.3, 0.4) is 0 Å². The molecular weight excluding hydrogens is 204 g/mol. The first-order valence-corrected chi connectivity index (χ1v) is 5.44. The van der Waals surface area contributed by atoms with Gasteiger partial charge in [-0.1, -0.05) is 13.8 Å². The molecule has 0 amide bonds. The van der Waals surface area contributed by atoms with E-state index >= 15 is 0 Å². The Morgan fingerprint density at radius 2 is 2.06 bits per heavy atom. The first-order chi connectivity index (χ1) is 7.29. The first-order valence-electron chi connectivity index (χ1n) is 5.44. The van der Waals surface area contributed by atoms with Crippen LogP contribution < -0.4 is 0 Å². The van der Waals surface area contributed by atoms with Gasteiger partial charge in [0.15, 0.2) is 11.6 Å². The first kappa shape index (κ1) is 12.8. The molecule has 0 aromatic heterocycles. The molecule has 16 heavy (non-hydrogen) atoms. The predicted octanol–water partition coefficient (Wildman–Crippen LogP) is 1.66. The van der Waals surface area contributed by atoms with Crippen molar-refractivity contribution in [3.8, 4) is 0 Å². The summed E-state index contributed by atoms with van der Waals surface area (Å²) in [7, 11) is 0. The molecule has 3 unspecified atom stereocenters. The smallest absolute Gasteiger partial charge is 0.158 e. The molecule has 0 aliphatic heterocycles. The lowest BCUT2D eigenvalue weighted by molar-refractivity contribution is -0.122. The molecule has 0 spiro atoms. The van der Waals surface area contributed by atoms with Crippen LogP contribution in [0.4, 0.5) is 0 Å². The van der Waals surface area contributed by atoms with Gasteiger partial charge in [0.05, 0.1) is 0 Å². The highest BCUT2D eigenvalue weighted by Crippen LogP contribution is 2.37. The Morgan fingerprint density at radius 1 is 1.50 bits per heavy atom. The third kappa shape index (κ3) is 2.14. The summed E-state index contributed by atoms with van der Waals surface area (Å²) in [6.45, 7) is 6.76. The maximum atomic E-state index is 11.6. The topological polar surface area (TPSA) is 54.4 Å². The molecule has 0 aromatic carbocycles. The van der Waals surface area contributed by atoms with E-state index in [9.17, 15) is 14.7 Å². The Labute approximate surface area is 95.9 Å². The molecule has 0 fully saturated rings.